The van der Waals surface area contributed by atoms with Crippen LogP contribution in [0.25, 0.3) is 0 Å². The summed E-state index contributed by atoms with van der Waals surface area (Å²) in [5.74, 6) is -3.56. The lowest BCUT2D eigenvalue weighted by Crippen LogP contribution is -2.50. The van der Waals surface area contributed by atoms with Gasteiger partial charge in [-0.3, -0.25) is 24.0 Å². The Balaban J connectivity index is 2.99. The van der Waals surface area contributed by atoms with Gasteiger partial charge in [0.1, 0.15) is 6.29 Å². The van der Waals surface area contributed by atoms with Crippen molar-refractivity contribution in [2.75, 3.05) is 7.05 Å². The lowest BCUT2D eigenvalue weighted by Gasteiger charge is -2.22. The van der Waals surface area contributed by atoms with Crippen LogP contribution in [0.3, 0.4) is 0 Å². The Labute approximate surface area is 196 Å². The highest BCUT2D eigenvalue weighted by Crippen LogP contribution is 2.15. The van der Waals surface area contributed by atoms with Crippen LogP contribution in [-0.4, -0.2) is 72.1 Å². The van der Waals surface area contributed by atoms with Crippen molar-refractivity contribution in [3.63, 3.8) is 0 Å². The van der Waals surface area contributed by atoms with E-state index < -0.39 is 54.3 Å². The molecular weight excluding hydrogens is 446 g/mol. The number of nitrogens with one attached hydrogen (secondary N) is 3. The van der Waals surface area contributed by atoms with Gasteiger partial charge in [0.2, 0.25) is 17.7 Å². The van der Waals surface area contributed by atoms with Crippen molar-refractivity contribution >= 4 is 35.8 Å². The number of aldehydes is 1. The normalized spacial score (nSPS) is 14.2. The van der Waals surface area contributed by atoms with Crippen LogP contribution in [0.1, 0.15) is 30.9 Å². The minimum absolute atomic E-state index is 0.106. The molecule has 8 N–H and O–H groups in total. The van der Waals surface area contributed by atoms with Crippen LogP contribution in [0, 0.1) is 0 Å². The molecule has 4 atom stereocenters. The number of primary amides is 1. The van der Waals surface area contributed by atoms with Crippen LogP contribution in [0.5, 0.6) is 0 Å². The number of Topliss-reactive ketones (excluding diaryl/α,β-unsaturated/α-hetero) is 1. The molecule has 0 saturated carbocycles. The Morgan fingerprint density at radius 3 is 1.97 bits per heavy atom. The fourth-order valence-electron chi connectivity index (χ4n) is 3.21. The summed E-state index contributed by atoms with van der Waals surface area (Å²) in [6.07, 6.45) is -0.281. The van der Waals surface area contributed by atoms with Gasteiger partial charge in [-0.2, -0.15) is 0 Å². The summed E-state index contributed by atoms with van der Waals surface area (Å²) in [5, 5.41) is 16.6. The fourth-order valence-corrected chi connectivity index (χ4v) is 3.21. The van der Waals surface area contributed by atoms with E-state index in [1.807, 2.05) is 0 Å². The monoisotopic (exact) mass is 477 g/mol. The number of carboxylic acids is 1. The van der Waals surface area contributed by atoms with Crippen molar-refractivity contribution in [1.29, 1.82) is 0 Å². The average Bonchev–Trinajstić information content (AvgIpc) is 2.76. The lowest BCUT2D eigenvalue weighted by molar-refractivity contribution is -0.139. The topological polar surface area (TPSA) is 211 Å². The number of carboxylic acid groups (broad SMARTS) is 1. The highest BCUT2D eigenvalue weighted by molar-refractivity contribution is 5.92. The standard InChI is InChI=1S/C22H31N5O7/c1-12(29)17(27-21(33)16(23)10-19(24)30)7-13-5-3-4-6-14(13)8-18(25-2)22(34)26-15(11-28)9-20(31)32/h3-6,11,15-18,25H,7-10,23H2,1-2H3,(H2,24,30)(H,26,34)(H,27,33)(H,31,32)/t15-,16+,17?,18?/m1/s1. The van der Waals surface area contributed by atoms with E-state index in [4.69, 9.17) is 16.6 Å². The van der Waals surface area contributed by atoms with Crippen LogP contribution >= 0.6 is 0 Å². The Bertz CT molecular complexity index is 921. The van der Waals surface area contributed by atoms with Crippen LogP contribution in [-0.2, 0) is 41.6 Å². The molecule has 0 saturated heterocycles. The minimum Gasteiger partial charge on any atom is -0.481 e. The van der Waals surface area contributed by atoms with Crippen LogP contribution in [0.4, 0.5) is 0 Å². The van der Waals surface area contributed by atoms with Gasteiger partial charge >= 0.3 is 5.97 Å². The smallest absolute Gasteiger partial charge is 0.305 e. The Hall–Kier alpha value is -3.64. The third-order valence-electron chi connectivity index (χ3n) is 5.08. The largest absolute Gasteiger partial charge is 0.481 e. The third kappa shape index (κ3) is 9.46. The molecule has 0 radical (unpaired) electrons. The van der Waals surface area contributed by atoms with Crippen molar-refractivity contribution in [1.82, 2.24) is 16.0 Å². The Morgan fingerprint density at radius 2 is 1.53 bits per heavy atom. The molecule has 0 bridgehead atoms. The van der Waals surface area contributed by atoms with Gasteiger partial charge in [0, 0.05) is 0 Å². The van der Waals surface area contributed by atoms with E-state index in [1.165, 1.54) is 6.92 Å². The highest BCUT2D eigenvalue weighted by atomic mass is 16.4. The maximum atomic E-state index is 12.6. The van der Waals surface area contributed by atoms with E-state index in [9.17, 15) is 28.8 Å². The third-order valence-corrected chi connectivity index (χ3v) is 5.08. The molecule has 12 heteroatoms. The first-order valence-electron chi connectivity index (χ1n) is 10.5. The number of carbonyl (C=O) groups excluding carboxylic acids is 5. The zero-order chi connectivity index (χ0) is 25.8. The van der Waals surface area contributed by atoms with Gasteiger partial charge in [-0.15, -0.1) is 0 Å². The molecule has 1 rings (SSSR count). The van der Waals surface area contributed by atoms with Crippen molar-refractivity contribution < 1.29 is 33.9 Å². The molecule has 186 valence electrons. The van der Waals surface area contributed by atoms with Gasteiger partial charge in [-0.1, -0.05) is 24.3 Å². The van der Waals surface area contributed by atoms with E-state index in [2.05, 4.69) is 16.0 Å². The van der Waals surface area contributed by atoms with Gasteiger partial charge in [0.15, 0.2) is 5.78 Å². The number of benzene rings is 1. The summed E-state index contributed by atoms with van der Waals surface area (Å²) < 4.78 is 0. The molecule has 1 aromatic rings. The number of hydrogen-bond donors (Lipinski definition) is 6. The van der Waals surface area contributed by atoms with Crippen LogP contribution in [0.15, 0.2) is 24.3 Å². The number of rotatable bonds is 15. The second-order valence-corrected chi connectivity index (χ2v) is 7.82. The molecular formula is C22H31N5O7. The van der Waals surface area contributed by atoms with Gasteiger partial charge in [0.25, 0.3) is 0 Å². The number of nitrogens with two attached hydrogens (primary N) is 2. The molecule has 0 aliphatic heterocycles. The molecule has 0 aromatic heterocycles. The maximum absolute atomic E-state index is 12.6. The van der Waals surface area contributed by atoms with E-state index in [-0.39, 0.29) is 25.0 Å². The molecule has 34 heavy (non-hydrogen) atoms. The van der Waals surface area contributed by atoms with Crippen molar-refractivity contribution in [3.05, 3.63) is 35.4 Å². The summed E-state index contributed by atoms with van der Waals surface area (Å²) in [6, 6.07) is 2.88. The zero-order valence-electron chi connectivity index (χ0n) is 19.1. The Morgan fingerprint density at radius 1 is 0.971 bits per heavy atom. The van der Waals surface area contributed by atoms with Crippen LogP contribution < -0.4 is 27.4 Å². The van der Waals surface area contributed by atoms with Gasteiger partial charge in [0.05, 0.1) is 37.0 Å². The predicted octanol–water partition coefficient (Wildman–Crippen LogP) is -2.21. The first-order valence-corrected chi connectivity index (χ1v) is 10.5. The number of aliphatic carboxylic acids is 1. The van der Waals surface area contributed by atoms with E-state index in [1.54, 1.807) is 31.3 Å². The molecule has 3 amide bonds. The predicted molar refractivity (Wildman–Crippen MR) is 121 cm³/mol. The van der Waals surface area contributed by atoms with E-state index in [0.29, 0.717) is 17.4 Å². The summed E-state index contributed by atoms with van der Waals surface area (Å²) in [7, 11) is 1.54. The Kier molecular flexibility index (Phi) is 11.5. The molecule has 0 aliphatic carbocycles. The molecule has 0 spiro atoms. The van der Waals surface area contributed by atoms with Crippen molar-refractivity contribution in [2.45, 2.75) is 56.8 Å². The fraction of sp³-hybridized carbons (Fsp3) is 0.455. The van der Waals surface area contributed by atoms with Crippen molar-refractivity contribution in [2.24, 2.45) is 11.5 Å². The first kappa shape index (κ1) is 28.4. The SMILES string of the molecule is CNC(Cc1ccccc1CC(NC(=O)[C@@H](N)CC(N)=O)C(C)=O)C(=O)N[C@@H](C=O)CC(=O)O. The number of carbonyl (C=O) groups is 6. The average molecular weight is 478 g/mol. The molecule has 0 fully saturated rings. The summed E-state index contributed by atoms with van der Waals surface area (Å²) in [4.78, 5) is 69.9. The summed E-state index contributed by atoms with van der Waals surface area (Å²) >= 11 is 0. The first-order chi connectivity index (χ1) is 16.0. The van der Waals surface area contributed by atoms with E-state index in [0.717, 1.165) is 0 Å². The van der Waals surface area contributed by atoms with Gasteiger partial charge in [-0.05, 0) is 37.9 Å². The maximum Gasteiger partial charge on any atom is 0.305 e. The summed E-state index contributed by atoms with van der Waals surface area (Å²) in [5.41, 5.74) is 12.1. The van der Waals surface area contributed by atoms with Crippen LogP contribution in [0.2, 0.25) is 0 Å². The molecule has 12 nitrogen and oxygen atoms in total. The number of likely N-dealkylation sites (N-methyl/N-ethyl adjacent to an activating group) is 1. The molecule has 2 unspecified atom stereocenters. The van der Waals surface area contributed by atoms with Gasteiger partial charge in [-0.25, -0.2) is 0 Å². The second kappa shape index (κ2) is 13.8. The van der Waals surface area contributed by atoms with Gasteiger partial charge < -0.3 is 37.3 Å². The quantitative estimate of drug-likeness (QED) is 0.151. The zero-order valence-corrected chi connectivity index (χ0v) is 19.1. The summed E-state index contributed by atoms with van der Waals surface area (Å²) in [6.45, 7) is 1.30. The number of amides is 3. The molecule has 0 aliphatic rings. The number of ketones is 1. The molecule has 1 aromatic carbocycles. The second-order valence-electron chi connectivity index (χ2n) is 7.82. The highest BCUT2D eigenvalue weighted by Gasteiger charge is 2.25. The molecule has 0 heterocycles. The van der Waals surface area contributed by atoms with E-state index >= 15 is 0 Å². The lowest BCUT2D eigenvalue weighted by atomic mass is 9.94. The van der Waals surface area contributed by atoms with Crippen molar-refractivity contribution in [3.8, 4) is 0 Å². The minimum atomic E-state index is -1.23. The number of hydrogen-bond acceptors (Lipinski definition) is 8.